The van der Waals surface area contributed by atoms with E-state index in [1.165, 1.54) is 7.11 Å². The number of ether oxygens (including phenoxy) is 1. The van der Waals surface area contributed by atoms with E-state index in [1.807, 2.05) is 0 Å². The van der Waals surface area contributed by atoms with Gasteiger partial charge in [-0.25, -0.2) is 0 Å². The van der Waals surface area contributed by atoms with Gasteiger partial charge in [0, 0.05) is 0 Å². The van der Waals surface area contributed by atoms with Crippen molar-refractivity contribution in [1.82, 2.24) is 0 Å². The molecular weight excluding hydrogens is 152 g/mol. The number of carbonyl (C=O) groups is 1. The molecule has 2 heteroatoms. The first-order valence-electron chi connectivity index (χ1n) is 4.26. The predicted molar refractivity (Wildman–Crippen MR) is 47.7 cm³/mol. The van der Waals surface area contributed by atoms with Gasteiger partial charge in [0.1, 0.15) is 0 Å². The molecule has 0 amide bonds. The quantitative estimate of drug-likeness (QED) is 0.443. The van der Waals surface area contributed by atoms with Crippen molar-refractivity contribution in [3.8, 4) is 0 Å². The van der Waals surface area contributed by atoms with Gasteiger partial charge in [-0.1, -0.05) is 26.0 Å². The van der Waals surface area contributed by atoms with Crippen molar-refractivity contribution in [2.24, 2.45) is 11.3 Å². The number of methoxy groups -OCH3 is 1. The zero-order valence-corrected chi connectivity index (χ0v) is 8.02. The number of allylic oxidation sites excluding steroid dienone is 1. The monoisotopic (exact) mass is 168 g/mol. The molecule has 2 nitrogen and oxygen atoms in total. The fourth-order valence-corrected chi connectivity index (χ4v) is 1.80. The molecule has 1 fully saturated rings. The highest BCUT2D eigenvalue weighted by atomic mass is 16.5. The molecule has 1 aliphatic rings. The molecule has 1 unspecified atom stereocenters. The van der Waals surface area contributed by atoms with Gasteiger partial charge in [-0.15, -0.1) is 0 Å². The minimum atomic E-state index is -0.0985. The van der Waals surface area contributed by atoms with Crippen LogP contribution in [-0.2, 0) is 9.53 Å². The SMILES string of the molecule is C=C1CCC(C(=O)OC)C1(C)C. The molecule has 0 aromatic heterocycles. The van der Waals surface area contributed by atoms with E-state index in [-0.39, 0.29) is 17.3 Å². The number of hydrogen-bond donors (Lipinski definition) is 0. The number of rotatable bonds is 1. The highest BCUT2D eigenvalue weighted by molar-refractivity contribution is 5.74. The first kappa shape index (κ1) is 9.30. The molecule has 0 saturated heterocycles. The summed E-state index contributed by atoms with van der Waals surface area (Å²) in [5.41, 5.74) is 1.09. The van der Waals surface area contributed by atoms with Gasteiger partial charge in [-0.3, -0.25) is 4.79 Å². The van der Waals surface area contributed by atoms with Crippen molar-refractivity contribution in [3.63, 3.8) is 0 Å². The summed E-state index contributed by atoms with van der Waals surface area (Å²) >= 11 is 0. The molecule has 0 radical (unpaired) electrons. The van der Waals surface area contributed by atoms with E-state index in [2.05, 4.69) is 20.4 Å². The fraction of sp³-hybridized carbons (Fsp3) is 0.700. The second-order valence-corrected chi connectivity index (χ2v) is 3.94. The highest BCUT2D eigenvalue weighted by Gasteiger charge is 2.42. The van der Waals surface area contributed by atoms with Crippen LogP contribution in [0.4, 0.5) is 0 Å². The van der Waals surface area contributed by atoms with Crippen LogP contribution in [-0.4, -0.2) is 13.1 Å². The zero-order valence-electron chi connectivity index (χ0n) is 8.02. The lowest BCUT2D eigenvalue weighted by atomic mass is 9.79. The molecule has 0 bridgehead atoms. The lowest BCUT2D eigenvalue weighted by Gasteiger charge is -2.25. The number of carbonyl (C=O) groups excluding carboxylic acids is 1. The van der Waals surface area contributed by atoms with Gasteiger partial charge in [-0.05, 0) is 18.3 Å². The van der Waals surface area contributed by atoms with Gasteiger partial charge >= 0.3 is 5.97 Å². The van der Waals surface area contributed by atoms with Crippen LogP contribution in [0.5, 0.6) is 0 Å². The molecule has 1 saturated carbocycles. The lowest BCUT2D eigenvalue weighted by Crippen LogP contribution is -2.27. The Hall–Kier alpha value is -0.790. The summed E-state index contributed by atoms with van der Waals surface area (Å²) in [5.74, 6) is -0.0892. The van der Waals surface area contributed by atoms with Crippen LogP contribution in [0.15, 0.2) is 12.2 Å². The maximum absolute atomic E-state index is 11.3. The van der Waals surface area contributed by atoms with E-state index < -0.39 is 0 Å². The molecule has 1 rings (SSSR count). The van der Waals surface area contributed by atoms with Crippen LogP contribution in [0.1, 0.15) is 26.7 Å². The molecule has 0 aromatic carbocycles. The van der Waals surface area contributed by atoms with Gasteiger partial charge in [0.15, 0.2) is 0 Å². The molecule has 1 atom stereocenters. The van der Waals surface area contributed by atoms with Crippen LogP contribution >= 0.6 is 0 Å². The third kappa shape index (κ3) is 1.26. The molecule has 12 heavy (non-hydrogen) atoms. The first-order chi connectivity index (χ1) is 5.50. The topological polar surface area (TPSA) is 26.3 Å². The molecule has 0 aromatic rings. The largest absolute Gasteiger partial charge is 0.469 e. The molecule has 0 heterocycles. The Balaban J connectivity index is 2.81. The van der Waals surface area contributed by atoms with Gasteiger partial charge in [-0.2, -0.15) is 0 Å². The number of esters is 1. The smallest absolute Gasteiger partial charge is 0.309 e. The van der Waals surface area contributed by atoms with E-state index in [0.717, 1.165) is 18.4 Å². The van der Waals surface area contributed by atoms with E-state index in [0.29, 0.717) is 0 Å². The van der Waals surface area contributed by atoms with Crippen molar-refractivity contribution in [1.29, 1.82) is 0 Å². The molecule has 0 aliphatic heterocycles. The van der Waals surface area contributed by atoms with Gasteiger partial charge in [0.25, 0.3) is 0 Å². The summed E-state index contributed by atoms with van der Waals surface area (Å²) in [6.45, 7) is 8.08. The van der Waals surface area contributed by atoms with Crippen molar-refractivity contribution < 1.29 is 9.53 Å². The maximum Gasteiger partial charge on any atom is 0.309 e. The standard InChI is InChI=1S/C10H16O2/c1-7-5-6-8(9(11)12-4)10(7,2)3/h8H,1,5-6H2,2-4H3. The van der Waals surface area contributed by atoms with Gasteiger partial charge in [0.05, 0.1) is 13.0 Å². The van der Waals surface area contributed by atoms with Crippen LogP contribution < -0.4 is 0 Å². The van der Waals surface area contributed by atoms with Crippen LogP contribution in [0.3, 0.4) is 0 Å². The van der Waals surface area contributed by atoms with Crippen LogP contribution in [0.25, 0.3) is 0 Å². The summed E-state index contributed by atoms with van der Waals surface area (Å²) in [6, 6.07) is 0. The third-order valence-electron chi connectivity index (χ3n) is 3.00. The Morgan fingerprint density at radius 2 is 2.25 bits per heavy atom. The Labute approximate surface area is 73.6 Å². The lowest BCUT2D eigenvalue weighted by molar-refractivity contribution is -0.147. The van der Waals surface area contributed by atoms with Gasteiger partial charge in [0.2, 0.25) is 0 Å². The normalized spacial score (nSPS) is 27.2. The number of hydrogen-bond acceptors (Lipinski definition) is 2. The summed E-state index contributed by atoms with van der Waals surface area (Å²) in [7, 11) is 1.44. The predicted octanol–water partition coefficient (Wildman–Crippen LogP) is 2.15. The molecule has 1 aliphatic carbocycles. The molecule has 0 spiro atoms. The third-order valence-corrected chi connectivity index (χ3v) is 3.00. The summed E-state index contributed by atoms with van der Waals surface area (Å²) in [4.78, 5) is 11.3. The highest BCUT2D eigenvalue weighted by Crippen LogP contribution is 2.46. The first-order valence-corrected chi connectivity index (χ1v) is 4.26. The molecule has 68 valence electrons. The average Bonchev–Trinajstić information content (AvgIpc) is 2.27. The Kier molecular flexibility index (Phi) is 2.27. The summed E-state index contributed by atoms with van der Waals surface area (Å²) < 4.78 is 4.74. The Morgan fingerprint density at radius 1 is 1.67 bits per heavy atom. The minimum Gasteiger partial charge on any atom is -0.469 e. The van der Waals surface area contributed by atoms with E-state index in [9.17, 15) is 4.79 Å². The van der Waals surface area contributed by atoms with Crippen LogP contribution in [0.2, 0.25) is 0 Å². The zero-order chi connectivity index (χ0) is 9.35. The van der Waals surface area contributed by atoms with E-state index in [1.54, 1.807) is 0 Å². The van der Waals surface area contributed by atoms with Crippen LogP contribution in [0, 0.1) is 11.3 Å². The Bertz CT molecular complexity index is 216. The maximum atomic E-state index is 11.3. The van der Waals surface area contributed by atoms with Crippen molar-refractivity contribution in [3.05, 3.63) is 12.2 Å². The van der Waals surface area contributed by atoms with Crippen molar-refractivity contribution >= 4 is 5.97 Å². The Morgan fingerprint density at radius 3 is 2.58 bits per heavy atom. The van der Waals surface area contributed by atoms with E-state index >= 15 is 0 Å². The molecular formula is C10H16O2. The molecule has 0 N–H and O–H groups in total. The fourth-order valence-electron chi connectivity index (χ4n) is 1.80. The average molecular weight is 168 g/mol. The second-order valence-electron chi connectivity index (χ2n) is 3.94. The summed E-state index contributed by atoms with van der Waals surface area (Å²) in [6.07, 6.45) is 1.84. The van der Waals surface area contributed by atoms with Crippen molar-refractivity contribution in [2.75, 3.05) is 7.11 Å². The minimum absolute atomic E-state index is 0.00926. The summed E-state index contributed by atoms with van der Waals surface area (Å²) in [5, 5.41) is 0. The van der Waals surface area contributed by atoms with E-state index in [4.69, 9.17) is 4.74 Å². The second kappa shape index (κ2) is 2.92. The van der Waals surface area contributed by atoms with Crippen molar-refractivity contribution in [2.45, 2.75) is 26.7 Å². The van der Waals surface area contributed by atoms with Gasteiger partial charge < -0.3 is 4.74 Å².